The van der Waals surface area contributed by atoms with Crippen molar-refractivity contribution < 1.29 is 8.42 Å². The average molecular weight is 352 g/mol. The van der Waals surface area contributed by atoms with Gasteiger partial charge in [-0.25, -0.2) is 4.72 Å². The van der Waals surface area contributed by atoms with Gasteiger partial charge < -0.3 is 0 Å². The molecular formula is C18H29N3O2S. The van der Waals surface area contributed by atoms with E-state index in [0.717, 1.165) is 25.9 Å². The summed E-state index contributed by atoms with van der Waals surface area (Å²) in [5, 5.41) is 0. The Bertz CT molecular complexity index is 592. The molecule has 0 bridgehead atoms. The predicted molar refractivity (Wildman–Crippen MR) is 97.0 cm³/mol. The highest BCUT2D eigenvalue weighted by atomic mass is 32.2. The van der Waals surface area contributed by atoms with Crippen molar-refractivity contribution in [2.75, 3.05) is 32.7 Å². The molecule has 2 fully saturated rings. The first-order valence-electron chi connectivity index (χ1n) is 9.20. The number of nitrogens with zero attached hydrogens (tertiary/aromatic N) is 2. The Morgan fingerprint density at radius 2 is 1.46 bits per heavy atom. The fourth-order valence-corrected chi connectivity index (χ4v) is 5.03. The van der Waals surface area contributed by atoms with Crippen molar-refractivity contribution in [1.29, 1.82) is 0 Å². The van der Waals surface area contributed by atoms with E-state index in [1.807, 2.05) is 18.2 Å². The number of nitrogens with one attached hydrogen (secondary N) is 1. The van der Waals surface area contributed by atoms with Crippen LogP contribution in [-0.2, 0) is 10.2 Å². The summed E-state index contributed by atoms with van der Waals surface area (Å²) in [4.78, 5) is 2.45. The van der Waals surface area contributed by atoms with Gasteiger partial charge in [0.1, 0.15) is 0 Å². The summed E-state index contributed by atoms with van der Waals surface area (Å²) in [7, 11) is -3.35. The third-order valence-electron chi connectivity index (χ3n) is 5.13. The van der Waals surface area contributed by atoms with Gasteiger partial charge in [0.25, 0.3) is 10.2 Å². The van der Waals surface area contributed by atoms with Crippen LogP contribution in [0.2, 0.25) is 0 Å². The van der Waals surface area contributed by atoms with Crippen LogP contribution in [0.15, 0.2) is 30.3 Å². The lowest BCUT2D eigenvalue weighted by molar-refractivity contribution is 0.205. The molecule has 1 atom stereocenters. The summed E-state index contributed by atoms with van der Waals surface area (Å²) in [6.45, 7) is 3.84. The predicted octanol–water partition coefficient (Wildman–Crippen LogP) is 2.53. The maximum atomic E-state index is 12.5. The van der Waals surface area contributed by atoms with Crippen LogP contribution in [-0.4, -0.2) is 50.3 Å². The molecule has 1 unspecified atom stereocenters. The lowest BCUT2D eigenvalue weighted by Gasteiger charge is -2.31. The van der Waals surface area contributed by atoms with Crippen molar-refractivity contribution in [2.45, 2.75) is 44.6 Å². The van der Waals surface area contributed by atoms with Crippen molar-refractivity contribution in [2.24, 2.45) is 0 Å². The molecular weight excluding hydrogens is 322 g/mol. The second kappa shape index (κ2) is 8.43. The van der Waals surface area contributed by atoms with Crippen molar-refractivity contribution in [3.8, 4) is 0 Å². The molecule has 2 aliphatic heterocycles. The minimum atomic E-state index is -3.35. The summed E-state index contributed by atoms with van der Waals surface area (Å²) in [5.41, 5.74) is 1.20. The Morgan fingerprint density at radius 1 is 0.875 bits per heavy atom. The summed E-state index contributed by atoms with van der Waals surface area (Å²) in [6.07, 6.45) is 6.88. The number of likely N-dealkylation sites (tertiary alicyclic amines) is 1. The molecule has 2 heterocycles. The molecule has 2 aliphatic rings. The summed E-state index contributed by atoms with van der Waals surface area (Å²) >= 11 is 0. The molecule has 24 heavy (non-hydrogen) atoms. The molecule has 1 aromatic carbocycles. The van der Waals surface area contributed by atoms with Gasteiger partial charge in [0.15, 0.2) is 0 Å². The van der Waals surface area contributed by atoms with Gasteiger partial charge in [0, 0.05) is 25.7 Å². The Labute approximate surface area is 146 Å². The maximum absolute atomic E-state index is 12.5. The molecule has 134 valence electrons. The third kappa shape index (κ3) is 4.57. The number of benzene rings is 1. The zero-order valence-corrected chi connectivity index (χ0v) is 15.2. The molecule has 5 nitrogen and oxygen atoms in total. The van der Waals surface area contributed by atoms with Crippen molar-refractivity contribution in [1.82, 2.24) is 13.9 Å². The summed E-state index contributed by atoms with van der Waals surface area (Å²) < 4.78 is 29.5. The highest BCUT2D eigenvalue weighted by Crippen LogP contribution is 2.24. The molecule has 3 rings (SSSR count). The van der Waals surface area contributed by atoms with Crippen molar-refractivity contribution in [3.05, 3.63) is 35.9 Å². The smallest absolute Gasteiger partial charge is 0.279 e. The van der Waals surface area contributed by atoms with E-state index in [4.69, 9.17) is 0 Å². The zero-order valence-electron chi connectivity index (χ0n) is 14.4. The molecule has 1 aromatic rings. The molecule has 0 aromatic heterocycles. The second-order valence-corrected chi connectivity index (χ2v) is 8.59. The van der Waals surface area contributed by atoms with Crippen LogP contribution in [0.4, 0.5) is 0 Å². The van der Waals surface area contributed by atoms with Crippen LogP contribution in [0.5, 0.6) is 0 Å². The van der Waals surface area contributed by atoms with Gasteiger partial charge in [0.2, 0.25) is 0 Å². The van der Waals surface area contributed by atoms with Crippen LogP contribution < -0.4 is 4.72 Å². The Balaban J connectivity index is 1.72. The van der Waals surface area contributed by atoms with Gasteiger partial charge in [-0.2, -0.15) is 12.7 Å². The van der Waals surface area contributed by atoms with Crippen LogP contribution in [0, 0.1) is 0 Å². The topological polar surface area (TPSA) is 52.7 Å². The molecule has 0 amide bonds. The number of hydrogen-bond acceptors (Lipinski definition) is 3. The fraction of sp³-hybridized carbons (Fsp3) is 0.667. The van der Waals surface area contributed by atoms with E-state index in [1.165, 1.54) is 31.2 Å². The van der Waals surface area contributed by atoms with Gasteiger partial charge in [-0.05, 0) is 44.3 Å². The van der Waals surface area contributed by atoms with Crippen LogP contribution in [0.1, 0.15) is 50.1 Å². The van der Waals surface area contributed by atoms with Gasteiger partial charge >= 0.3 is 0 Å². The maximum Gasteiger partial charge on any atom is 0.279 e. The Hall–Kier alpha value is -0.950. The fourth-order valence-electron chi connectivity index (χ4n) is 3.74. The normalized spacial score (nSPS) is 22.3. The standard InChI is InChI=1S/C18H29N3O2S/c22-24(23,21-14-8-9-15-21)19-16-18(17-10-4-3-5-11-17)20-12-6-1-2-7-13-20/h3-5,10-11,18-19H,1-2,6-9,12-16H2. The summed E-state index contributed by atoms with van der Waals surface area (Å²) in [5.74, 6) is 0. The minimum absolute atomic E-state index is 0.113. The lowest BCUT2D eigenvalue weighted by Crippen LogP contribution is -2.44. The molecule has 6 heteroatoms. The number of hydrogen-bond donors (Lipinski definition) is 1. The minimum Gasteiger partial charge on any atom is -0.295 e. The monoisotopic (exact) mass is 351 g/mol. The first-order chi connectivity index (χ1) is 11.7. The third-order valence-corrected chi connectivity index (χ3v) is 6.71. The first-order valence-corrected chi connectivity index (χ1v) is 10.6. The molecule has 0 radical (unpaired) electrons. The van der Waals surface area contributed by atoms with Gasteiger partial charge in [-0.1, -0.05) is 43.2 Å². The first kappa shape index (κ1) is 17.9. The van der Waals surface area contributed by atoms with E-state index in [0.29, 0.717) is 19.6 Å². The van der Waals surface area contributed by atoms with Crippen molar-refractivity contribution in [3.63, 3.8) is 0 Å². The zero-order chi connectivity index (χ0) is 16.8. The van der Waals surface area contributed by atoms with Crippen molar-refractivity contribution >= 4 is 10.2 Å². The largest absolute Gasteiger partial charge is 0.295 e. The highest BCUT2D eigenvalue weighted by Gasteiger charge is 2.28. The molecule has 0 spiro atoms. The average Bonchev–Trinajstić information content (AvgIpc) is 3.02. The Kier molecular flexibility index (Phi) is 6.27. The second-order valence-electron chi connectivity index (χ2n) is 6.84. The van der Waals surface area contributed by atoms with E-state index in [9.17, 15) is 8.42 Å². The molecule has 2 saturated heterocycles. The number of rotatable bonds is 6. The summed E-state index contributed by atoms with van der Waals surface area (Å²) in [6, 6.07) is 10.4. The Morgan fingerprint density at radius 3 is 2.08 bits per heavy atom. The van der Waals surface area contributed by atoms with E-state index in [2.05, 4.69) is 21.8 Å². The highest BCUT2D eigenvalue weighted by molar-refractivity contribution is 7.87. The van der Waals surface area contributed by atoms with E-state index >= 15 is 0 Å². The van der Waals surface area contributed by atoms with Crippen LogP contribution in [0.3, 0.4) is 0 Å². The molecule has 0 saturated carbocycles. The van der Waals surface area contributed by atoms with Gasteiger partial charge in [-0.15, -0.1) is 0 Å². The van der Waals surface area contributed by atoms with Crippen LogP contribution >= 0.6 is 0 Å². The van der Waals surface area contributed by atoms with E-state index in [1.54, 1.807) is 4.31 Å². The quantitative estimate of drug-likeness (QED) is 0.857. The van der Waals surface area contributed by atoms with Crippen LogP contribution in [0.25, 0.3) is 0 Å². The van der Waals surface area contributed by atoms with Gasteiger partial charge in [-0.3, -0.25) is 4.90 Å². The SMILES string of the molecule is O=S(=O)(NCC(c1ccccc1)N1CCCCCC1)N1CCCC1. The van der Waals surface area contributed by atoms with Gasteiger partial charge in [0.05, 0.1) is 0 Å². The molecule has 1 N–H and O–H groups in total. The van der Waals surface area contributed by atoms with E-state index in [-0.39, 0.29) is 6.04 Å². The lowest BCUT2D eigenvalue weighted by atomic mass is 10.1. The molecule has 0 aliphatic carbocycles. The van der Waals surface area contributed by atoms with E-state index < -0.39 is 10.2 Å².